The van der Waals surface area contributed by atoms with Crippen molar-refractivity contribution in [3.8, 4) is 0 Å². The first-order valence-corrected chi connectivity index (χ1v) is 6.57. The van der Waals surface area contributed by atoms with Crippen LogP contribution in [-0.2, 0) is 9.13 Å². The topological polar surface area (TPSA) is 179 Å². The lowest BCUT2D eigenvalue weighted by Gasteiger charge is -2.17. The molecule has 0 bridgehead atoms. The molecule has 0 heterocycles. The van der Waals surface area contributed by atoms with E-state index in [1.54, 1.807) is 0 Å². The number of rotatable bonds is 4. The SMILES string of the molecule is NC(N)=NCC(P(=O)(O)O)P(=O)(O)O. The third-order valence-corrected chi connectivity index (χ3v) is 4.90. The molecular weight excluding hydrogens is 236 g/mol. The predicted octanol–water partition coefficient (Wildman–Crippen LogP) is -2.06. The predicted molar refractivity (Wildman–Crippen MR) is 48.6 cm³/mol. The van der Waals surface area contributed by atoms with Crippen molar-refractivity contribution in [1.82, 2.24) is 0 Å². The lowest BCUT2D eigenvalue weighted by molar-refractivity contribution is 0.339. The standard InChI is InChI=1S/C3H11N3O6P2/c4-3(5)6-1-2(13(7,8)9)14(10,11)12/h2H,1H2,(H4,4,5,6)(H2,7,8,9)(H2,10,11,12). The van der Waals surface area contributed by atoms with E-state index >= 15 is 0 Å². The van der Waals surface area contributed by atoms with E-state index in [0.717, 1.165) is 0 Å². The van der Waals surface area contributed by atoms with Gasteiger partial charge in [0.1, 0.15) is 0 Å². The van der Waals surface area contributed by atoms with Crippen LogP contribution >= 0.6 is 15.2 Å². The summed E-state index contributed by atoms with van der Waals surface area (Å²) < 4.78 is 21.3. The Morgan fingerprint density at radius 1 is 1.14 bits per heavy atom. The van der Waals surface area contributed by atoms with Gasteiger partial charge in [0.2, 0.25) is 0 Å². The highest BCUT2D eigenvalue weighted by Gasteiger charge is 2.43. The van der Waals surface area contributed by atoms with Crippen LogP contribution in [0.1, 0.15) is 0 Å². The second-order valence-electron chi connectivity index (χ2n) is 2.42. The molecule has 0 aromatic carbocycles. The molecule has 84 valence electrons. The molecule has 0 unspecified atom stereocenters. The molecule has 0 amide bonds. The molecule has 11 heteroatoms. The molecule has 0 saturated carbocycles. The molecule has 0 aliphatic rings. The van der Waals surface area contributed by atoms with E-state index in [1.807, 2.05) is 0 Å². The smallest absolute Gasteiger partial charge is 0.342 e. The maximum absolute atomic E-state index is 10.6. The molecule has 0 saturated heterocycles. The van der Waals surface area contributed by atoms with Crippen LogP contribution in [0, 0.1) is 0 Å². The maximum Gasteiger partial charge on any atom is 0.342 e. The largest absolute Gasteiger partial charge is 0.370 e. The lowest BCUT2D eigenvalue weighted by Crippen LogP contribution is -2.25. The highest BCUT2D eigenvalue weighted by molar-refractivity contribution is 7.70. The number of guanidine groups is 1. The van der Waals surface area contributed by atoms with Crippen molar-refractivity contribution in [3.63, 3.8) is 0 Å². The normalized spacial score (nSPS) is 12.9. The third-order valence-electron chi connectivity index (χ3n) is 1.21. The number of nitrogens with zero attached hydrogens (tertiary/aromatic N) is 1. The maximum atomic E-state index is 10.6. The van der Waals surface area contributed by atoms with Crippen LogP contribution in [0.25, 0.3) is 0 Å². The molecule has 9 nitrogen and oxygen atoms in total. The monoisotopic (exact) mass is 247 g/mol. The van der Waals surface area contributed by atoms with Crippen molar-refractivity contribution >= 4 is 21.2 Å². The van der Waals surface area contributed by atoms with Crippen molar-refractivity contribution in [3.05, 3.63) is 0 Å². The van der Waals surface area contributed by atoms with E-state index in [0.29, 0.717) is 0 Å². The second kappa shape index (κ2) is 4.39. The quantitative estimate of drug-likeness (QED) is 0.186. The van der Waals surface area contributed by atoms with Gasteiger partial charge in [-0.1, -0.05) is 0 Å². The summed E-state index contributed by atoms with van der Waals surface area (Å²) >= 11 is 0. The fraction of sp³-hybridized carbons (Fsp3) is 0.667. The van der Waals surface area contributed by atoms with Gasteiger partial charge in [-0.05, 0) is 0 Å². The molecule has 8 N–H and O–H groups in total. The van der Waals surface area contributed by atoms with Gasteiger partial charge in [0.15, 0.2) is 11.4 Å². The minimum absolute atomic E-state index is 0.503. The molecule has 0 aliphatic heterocycles. The third kappa shape index (κ3) is 4.71. The van der Waals surface area contributed by atoms with Crippen molar-refractivity contribution in [2.45, 2.75) is 5.40 Å². The van der Waals surface area contributed by atoms with Crippen LogP contribution in [0.3, 0.4) is 0 Å². The Labute approximate surface area is 79.1 Å². The first kappa shape index (κ1) is 13.6. The van der Waals surface area contributed by atoms with Crippen molar-refractivity contribution in [2.24, 2.45) is 16.5 Å². The van der Waals surface area contributed by atoms with E-state index in [1.165, 1.54) is 0 Å². The van der Waals surface area contributed by atoms with Gasteiger partial charge in [0.25, 0.3) is 0 Å². The molecule has 0 atom stereocenters. The van der Waals surface area contributed by atoms with Crippen LogP contribution in [0.4, 0.5) is 0 Å². The van der Waals surface area contributed by atoms with Crippen molar-refractivity contribution < 1.29 is 28.7 Å². The zero-order valence-electron chi connectivity index (χ0n) is 6.89. The highest BCUT2D eigenvalue weighted by Crippen LogP contribution is 2.59. The first-order valence-electron chi connectivity index (χ1n) is 3.21. The summed E-state index contributed by atoms with van der Waals surface area (Å²) in [7, 11) is -9.87. The molecule has 0 fully saturated rings. The van der Waals surface area contributed by atoms with E-state index in [9.17, 15) is 9.13 Å². The molecule has 0 aliphatic carbocycles. The average molecular weight is 247 g/mol. The van der Waals surface area contributed by atoms with Gasteiger partial charge in [-0.25, -0.2) is 0 Å². The zero-order chi connectivity index (χ0) is 11.6. The Morgan fingerprint density at radius 3 is 1.71 bits per heavy atom. The van der Waals surface area contributed by atoms with Gasteiger partial charge in [-0.3, -0.25) is 14.1 Å². The summed E-state index contributed by atoms with van der Waals surface area (Å²) in [6.07, 6.45) is 0. The van der Waals surface area contributed by atoms with Crippen LogP contribution in [-0.4, -0.2) is 37.5 Å². The summed E-state index contributed by atoms with van der Waals surface area (Å²) in [4.78, 5) is 37.5. The molecular formula is C3H11N3O6P2. The van der Waals surface area contributed by atoms with Gasteiger partial charge in [-0.2, -0.15) is 0 Å². The molecule has 0 aromatic heterocycles. The Kier molecular flexibility index (Phi) is 4.26. The number of hydrogen-bond acceptors (Lipinski definition) is 3. The van der Waals surface area contributed by atoms with Gasteiger partial charge >= 0.3 is 15.2 Å². The zero-order valence-corrected chi connectivity index (χ0v) is 8.68. The fourth-order valence-electron chi connectivity index (χ4n) is 0.596. The summed E-state index contributed by atoms with van der Waals surface area (Å²) in [6, 6.07) is 0. The summed E-state index contributed by atoms with van der Waals surface area (Å²) in [5, 5.41) is -2.20. The molecule has 0 radical (unpaired) electrons. The van der Waals surface area contributed by atoms with Gasteiger partial charge in [0.05, 0.1) is 6.54 Å². The summed E-state index contributed by atoms with van der Waals surface area (Å²) in [5.41, 5.74) is 9.70. The highest BCUT2D eigenvalue weighted by atomic mass is 31.2. The van der Waals surface area contributed by atoms with Gasteiger partial charge in [0, 0.05) is 0 Å². The number of nitrogens with two attached hydrogens (primary N) is 2. The van der Waals surface area contributed by atoms with Gasteiger partial charge in [-0.15, -0.1) is 0 Å². The fourth-order valence-corrected chi connectivity index (χ4v) is 2.75. The minimum atomic E-state index is -4.93. The van der Waals surface area contributed by atoms with Crippen LogP contribution in [0.5, 0.6) is 0 Å². The first-order chi connectivity index (χ1) is 6.05. The van der Waals surface area contributed by atoms with Crippen LogP contribution < -0.4 is 11.5 Å². The van der Waals surface area contributed by atoms with E-state index in [-0.39, 0.29) is 0 Å². The minimum Gasteiger partial charge on any atom is -0.370 e. The van der Waals surface area contributed by atoms with E-state index < -0.39 is 33.1 Å². The Morgan fingerprint density at radius 2 is 1.50 bits per heavy atom. The Hall–Kier alpha value is -0.430. The average Bonchev–Trinajstić information content (AvgIpc) is 1.78. The van der Waals surface area contributed by atoms with Crippen molar-refractivity contribution in [2.75, 3.05) is 6.54 Å². The Bertz CT molecular complexity index is 290. The Balaban J connectivity index is 4.88. The van der Waals surface area contributed by atoms with E-state index in [4.69, 9.17) is 31.0 Å². The molecule has 0 aromatic rings. The van der Waals surface area contributed by atoms with Crippen molar-refractivity contribution in [1.29, 1.82) is 0 Å². The second-order valence-corrected chi connectivity index (χ2v) is 6.43. The van der Waals surface area contributed by atoms with E-state index in [2.05, 4.69) is 4.99 Å². The number of aliphatic imine (C=N–C) groups is 1. The lowest BCUT2D eigenvalue weighted by atomic mass is 10.7. The molecule has 14 heavy (non-hydrogen) atoms. The molecule has 0 rings (SSSR count). The van der Waals surface area contributed by atoms with Gasteiger partial charge < -0.3 is 31.0 Å². The summed E-state index contributed by atoms with van der Waals surface area (Å²) in [5.74, 6) is -0.503. The van der Waals surface area contributed by atoms with Crippen LogP contribution in [0.2, 0.25) is 0 Å². The number of hydrogen-bond donors (Lipinski definition) is 6. The summed E-state index contributed by atoms with van der Waals surface area (Å²) in [6.45, 7) is -0.823. The molecule has 0 spiro atoms. The van der Waals surface area contributed by atoms with Crippen LogP contribution in [0.15, 0.2) is 4.99 Å².